The largest absolute Gasteiger partial charge is 0.389 e. The molecule has 7 heteroatoms. The van der Waals surface area contributed by atoms with Crippen molar-refractivity contribution in [3.63, 3.8) is 0 Å². The Morgan fingerprint density at radius 2 is 2.00 bits per heavy atom. The maximum absolute atomic E-state index is 13.5. The van der Waals surface area contributed by atoms with Crippen LogP contribution in [0.5, 0.6) is 0 Å². The van der Waals surface area contributed by atoms with Crippen LogP contribution in [0.2, 0.25) is 0 Å². The smallest absolute Gasteiger partial charge is 0.217 e. The number of benzene rings is 1. The summed E-state index contributed by atoms with van der Waals surface area (Å²) in [7, 11) is 0. The van der Waals surface area contributed by atoms with E-state index in [0.29, 0.717) is 31.1 Å². The van der Waals surface area contributed by atoms with E-state index in [0.717, 1.165) is 12.5 Å². The van der Waals surface area contributed by atoms with E-state index in [1.54, 1.807) is 0 Å². The van der Waals surface area contributed by atoms with Gasteiger partial charge in [-0.05, 0) is 42.9 Å². The summed E-state index contributed by atoms with van der Waals surface area (Å²) in [5, 5.41) is 16.7. The second kappa shape index (κ2) is 10.1. The molecule has 0 saturated carbocycles. The Bertz CT molecular complexity index is 607. The fraction of sp³-hybridized carbons (Fsp3) is 0.650. The predicted octanol–water partition coefficient (Wildman–Crippen LogP) is 2.17. The van der Waals surface area contributed by atoms with Gasteiger partial charge in [-0.25, -0.2) is 8.78 Å². The molecule has 0 aromatic heterocycles. The zero-order valence-electron chi connectivity index (χ0n) is 16.2. The highest BCUT2D eigenvalue weighted by Crippen LogP contribution is 2.19. The molecular formula is C20H30F2N2O3. The van der Waals surface area contributed by atoms with E-state index in [9.17, 15) is 18.7 Å². The van der Waals surface area contributed by atoms with E-state index in [1.807, 2.05) is 0 Å². The topological polar surface area (TPSA) is 70.6 Å². The van der Waals surface area contributed by atoms with Crippen LogP contribution in [0.1, 0.15) is 39.2 Å². The fourth-order valence-corrected chi connectivity index (χ4v) is 3.37. The summed E-state index contributed by atoms with van der Waals surface area (Å²) < 4.78 is 32.7. The van der Waals surface area contributed by atoms with E-state index in [1.165, 1.54) is 19.1 Å². The molecule has 2 rings (SSSR count). The number of aliphatic hydroxyl groups excluding tert-OH is 1. The molecule has 0 unspecified atom stereocenters. The molecule has 3 N–H and O–H groups in total. The fourth-order valence-electron chi connectivity index (χ4n) is 3.37. The van der Waals surface area contributed by atoms with Gasteiger partial charge in [0, 0.05) is 32.2 Å². The lowest BCUT2D eigenvalue weighted by Gasteiger charge is -2.28. The van der Waals surface area contributed by atoms with Gasteiger partial charge < -0.3 is 20.5 Å². The van der Waals surface area contributed by atoms with Crippen LogP contribution in [0, 0.1) is 17.6 Å². The second-order valence-corrected chi connectivity index (χ2v) is 7.71. The first-order valence-electron chi connectivity index (χ1n) is 9.49. The van der Waals surface area contributed by atoms with Gasteiger partial charge in [0.2, 0.25) is 5.91 Å². The third kappa shape index (κ3) is 7.16. The van der Waals surface area contributed by atoms with Crippen molar-refractivity contribution in [3.8, 4) is 0 Å². The minimum absolute atomic E-state index is 0.00740. The molecule has 0 radical (unpaired) electrons. The minimum atomic E-state index is -0.904. The quantitative estimate of drug-likeness (QED) is 0.610. The van der Waals surface area contributed by atoms with Crippen molar-refractivity contribution in [3.05, 3.63) is 35.4 Å². The van der Waals surface area contributed by atoms with E-state index < -0.39 is 23.8 Å². The third-order valence-corrected chi connectivity index (χ3v) is 4.76. The normalized spacial score (nSPS) is 22.0. The highest BCUT2D eigenvalue weighted by atomic mass is 19.1. The van der Waals surface area contributed by atoms with Gasteiger partial charge in [-0.15, -0.1) is 0 Å². The number of hydrogen-bond donors (Lipinski definition) is 3. The van der Waals surface area contributed by atoms with Gasteiger partial charge in [-0.3, -0.25) is 4.79 Å². The monoisotopic (exact) mass is 384 g/mol. The molecule has 1 aliphatic rings. The molecule has 1 amide bonds. The van der Waals surface area contributed by atoms with Crippen molar-refractivity contribution in [2.24, 2.45) is 5.92 Å². The Kier molecular flexibility index (Phi) is 8.13. The maximum Gasteiger partial charge on any atom is 0.217 e. The molecule has 1 aromatic carbocycles. The van der Waals surface area contributed by atoms with E-state index in [-0.39, 0.29) is 24.5 Å². The molecule has 0 spiro atoms. The summed E-state index contributed by atoms with van der Waals surface area (Å²) in [4.78, 5) is 11.6. The van der Waals surface area contributed by atoms with Gasteiger partial charge >= 0.3 is 0 Å². The molecule has 5 nitrogen and oxygen atoms in total. The lowest BCUT2D eigenvalue weighted by molar-refractivity contribution is -0.120. The number of hydrogen-bond acceptors (Lipinski definition) is 4. The number of amides is 1. The molecule has 4 atom stereocenters. The Labute approximate surface area is 159 Å². The van der Waals surface area contributed by atoms with Gasteiger partial charge in [0.15, 0.2) is 0 Å². The molecule has 1 heterocycles. The Balaban J connectivity index is 1.98. The average Bonchev–Trinajstić information content (AvgIpc) is 3.00. The van der Waals surface area contributed by atoms with Crippen LogP contribution in [0.3, 0.4) is 0 Å². The molecule has 0 bridgehead atoms. The van der Waals surface area contributed by atoms with Gasteiger partial charge in [0.25, 0.3) is 0 Å². The maximum atomic E-state index is 13.5. The number of rotatable bonds is 9. The SMILES string of the molecule is CC(=O)N[C@@H](Cc1cc(F)cc(F)c1)[C@@H](O)[C@H]1C[C@@H](OCCC(C)C)CN1. The van der Waals surface area contributed by atoms with Crippen LogP contribution in [0.25, 0.3) is 0 Å². The first-order valence-corrected chi connectivity index (χ1v) is 9.49. The zero-order valence-corrected chi connectivity index (χ0v) is 16.2. The first kappa shape index (κ1) is 21.7. The van der Waals surface area contributed by atoms with Crippen molar-refractivity contribution >= 4 is 5.91 Å². The highest BCUT2D eigenvalue weighted by molar-refractivity contribution is 5.73. The predicted molar refractivity (Wildman–Crippen MR) is 99.3 cm³/mol. The van der Waals surface area contributed by atoms with Crippen molar-refractivity contribution in [1.82, 2.24) is 10.6 Å². The van der Waals surface area contributed by atoms with E-state index in [4.69, 9.17) is 4.74 Å². The van der Waals surface area contributed by atoms with Crippen LogP contribution in [-0.2, 0) is 16.0 Å². The Morgan fingerprint density at radius 3 is 2.59 bits per heavy atom. The van der Waals surface area contributed by atoms with Crippen molar-refractivity contribution in [1.29, 1.82) is 0 Å². The first-order chi connectivity index (χ1) is 12.7. The van der Waals surface area contributed by atoms with Crippen LogP contribution in [-0.4, -0.2) is 48.5 Å². The highest BCUT2D eigenvalue weighted by Gasteiger charge is 2.35. The molecule has 1 aromatic rings. The number of ether oxygens (including phenoxy) is 1. The number of nitrogens with one attached hydrogen (secondary N) is 2. The number of carbonyl (C=O) groups excluding carboxylic acids is 1. The van der Waals surface area contributed by atoms with Gasteiger partial charge in [0.05, 0.1) is 18.2 Å². The molecule has 1 fully saturated rings. The van der Waals surface area contributed by atoms with Gasteiger partial charge in [-0.1, -0.05) is 13.8 Å². The van der Waals surface area contributed by atoms with Crippen molar-refractivity contribution < 1.29 is 23.4 Å². The standard InChI is InChI=1S/C20H30F2N2O3/c1-12(2)4-5-27-17-10-18(23-11-17)20(26)19(24-13(3)25)8-14-6-15(21)9-16(22)7-14/h6-7,9,12,17-20,23,26H,4-5,8,10-11H2,1-3H3,(H,24,25)/t17-,18-,19+,20+/m1/s1. The number of halogens is 2. The lowest BCUT2D eigenvalue weighted by atomic mass is 9.95. The number of aliphatic hydroxyl groups is 1. The summed E-state index contributed by atoms with van der Waals surface area (Å²) in [6, 6.07) is 2.31. The molecule has 1 saturated heterocycles. The van der Waals surface area contributed by atoms with Gasteiger partial charge in [-0.2, -0.15) is 0 Å². The summed E-state index contributed by atoms with van der Waals surface area (Å²) in [5.41, 5.74) is 0.382. The van der Waals surface area contributed by atoms with Crippen LogP contribution < -0.4 is 10.6 Å². The summed E-state index contributed by atoms with van der Waals surface area (Å²) >= 11 is 0. The summed E-state index contributed by atoms with van der Waals surface area (Å²) in [5.74, 6) is -1.10. The van der Waals surface area contributed by atoms with Crippen LogP contribution in [0.15, 0.2) is 18.2 Å². The van der Waals surface area contributed by atoms with Gasteiger partial charge in [0.1, 0.15) is 11.6 Å². The summed E-state index contributed by atoms with van der Waals surface area (Å²) in [6.45, 7) is 6.92. The minimum Gasteiger partial charge on any atom is -0.389 e. The Morgan fingerprint density at radius 1 is 1.33 bits per heavy atom. The molecule has 27 heavy (non-hydrogen) atoms. The van der Waals surface area contributed by atoms with E-state index in [2.05, 4.69) is 24.5 Å². The van der Waals surface area contributed by atoms with Crippen LogP contribution in [0.4, 0.5) is 8.78 Å². The van der Waals surface area contributed by atoms with Crippen molar-refractivity contribution in [2.75, 3.05) is 13.2 Å². The van der Waals surface area contributed by atoms with E-state index >= 15 is 0 Å². The average molecular weight is 384 g/mol. The third-order valence-electron chi connectivity index (χ3n) is 4.76. The summed E-state index contributed by atoms with van der Waals surface area (Å²) in [6.07, 6.45) is 0.829. The molecule has 1 aliphatic heterocycles. The second-order valence-electron chi connectivity index (χ2n) is 7.71. The zero-order chi connectivity index (χ0) is 20.0. The molecular weight excluding hydrogens is 354 g/mol. The molecule has 0 aliphatic carbocycles. The Hall–Kier alpha value is -1.57. The lowest BCUT2D eigenvalue weighted by Crippen LogP contribution is -2.51. The van der Waals surface area contributed by atoms with Crippen molar-refractivity contribution in [2.45, 2.75) is 64.3 Å². The molecule has 152 valence electrons. The van der Waals surface area contributed by atoms with Crippen LogP contribution >= 0.6 is 0 Å². The number of carbonyl (C=O) groups is 1.